The van der Waals surface area contributed by atoms with E-state index in [1.54, 1.807) is 0 Å². The molecule has 0 fully saturated rings. The molecule has 0 heterocycles. The first kappa shape index (κ1) is 15.9. The molecule has 0 aliphatic rings. The SMILES string of the molecule is NCCOCCOCCOCCNc1ccccc1. The number of anilines is 1. The summed E-state index contributed by atoms with van der Waals surface area (Å²) in [7, 11) is 0. The van der Waals surface area contributed by atoms with Gasteiger partial charge in [0.2, 0.25) is 0 Å². The largest absolute Gasteiger partial charge is 0.383 e. The Hall–Kier alpha value is -1.14. The molecular weight excluding hydrogens is 244 g/mol. The second-order valence-corrected chi connectivity index (χ2v) is 3.92. The first-order chi connectivity index (χ1) is 9.43. The van der Waals surface area contributed by atoms with Gasteiger partial charge < -0.3 is 25.3 Å². The summed E-state index contributed by atoms with van der Waals surface area (Å²) >= 11 is 0. The molecule has 0 saturated heterocycles. The van der Waals surface area contributed by atoms with Crippen LogP contribution in [-0.4, -0.2) is 52.7 Å². The van der Waals surface area contributed by atoms with E-state index in [0.717, 1.165) is 12.2 Å². The molecule has 5 heteroatoms. The normalized spacial score (nSPS) is 10.6. The summed E-state index contributed by atoms with van der Waals surface area (Å²) in [6.07, 6.45) is 0. The van der Waals surface area contributed by atoms with Gasteiger partial charge in [0.15, 0.2) is 0 Å². The Morgan fingerprint density at radius 2 is 1.37 bits per heavy atom. The van der Waals surface area contributed by atoms with Crippen molar-refractivity contribution >= 4 is 5.69 Å². The summed E-state index contributed by atoms with van der Waals surface area (Å²) in [5, 5.41) is 3.27. The molecule has 0 saturated carbocycles. The number of benzene rings is 1. The number of rotatable bonds is 12. The van der Waals surface area contributed by atoms with Gasteiger partial charge in [-0.2, -0.15) is 0 Å². The minimum atomic E-state index is 0.553. The molecule has 0 aliphatic heterocycles. The molecule has 3 N–H and O–H groups in total. The van der Waals surface area contributed by atoms with Crippen LogP contribution in [0.15, 0.2) is 30.3 Å². The molecule has 1 rings (SSSR count). The molecule has 0 bridgehead atoms. The van der Waals surface area contributed by atoms with Gasteiger partial charge in [-0.15, -0.1) is 0 Å². The zero-order valence-electron chi connectivity index (χ0n) is 11.3. The van der Waals surface area contributed by atoms with Crippen molar-refractivity contribution in [2.75, 3.05) is 58.0 Å². The minimum Gasteiger partial charge on any atom is -0.383 e. The number of nitrogens with one attached hydrogen (secondary N) is 1. The Bertz CT molecular complexity index is 296. The molecule has 108 valence electrons. The van der Waals surface area contributed by atoms with Crippen LogP contribution in [0, 0.1) is 0 Å². The highest BCUT2D eigenvalue weighted by Gasteiger charge is 1.92. The zero-order valence-corrected chi connectivity index (χ0v) is 11.3. The topological polar surface area (TPSA) is 65.7 Å². The Morgan fingerprint density at radius 3 is 2.00 bits per heavy atom. The molecule has 0 atom stereocenters. The molecule has 0 amide bonds. The average Bonchev–Trinajstić information content (AvgIpc) is 2.46. The molecule has 5 nitrogen and oxygen atoms in total. The summed E-state index contributed by atoms with van der Waals surface area (Å²) < 4.78 is 15.9. The lowest BCUT2D eigenvalue weighted by Gasteiger charge is -2.08. The predicted molar refractivity (Wildman–Crippen MR) is 76.4 cm³/mol. The van der Waals surface area contributed by atoms with Crippen LogP contribution < -0.4 is 11.1 Å². The molecule has 0 aliphatic carbocycles. The second kappa shape index (κ2) is 11.9. The number of hydrogen-bond donors (Lipinski definition) is 2. The van der Waals surface area contributed by atoms with Crippen molar-refractivity contribution in [2.45, 2.75) is 0 Å². The maximum atomic E-state index is 5.43. The zero-order chi connectivity index (χ0) is 13.6. The summed E-state index contributed by atoms with van der Waals surface area (Å²) in [5.74, 6) is 0. The molecule has 1 aromatic carbocycles. The number of para-hydroxylation sites is 1. The maximum Gasteiger partial charge on any atom is 0.0701 e. The highest BCUT2D eigenvalue weighted by atomic mass is 16.5. The summed E-state index contributed by atoms with van der Waals surface area (Å²) in [5.41, 5.74) is 6.40. The van der Waals surface area contributed by atoms with E-state index >= 15 is 0 Å². The number of hydrogen-bond acceptors (Lipinski definition) is 5. The molecule has 19 heavy (non-hydrogen) atoms. The molecule has 0 spiro atoms. The molecular formula is C14H24N2O3. The lowest BCUT2D eigenvalue weighted by Crippen LogP contribution is -2.15. The molecule has 0 unspecified atom stereocenters. The Kier molecular flexibility index (Phi) is 9.99. The highest BCUT2D eigenvalue weighted by Crippen LogP contribution is 2.03. The van der Waals surface area contributed by atoms with Gasteiger partial charge in [0.25, 0.3) is 0 Å². The molecule has 1 aromatic rings. The van der Waals surface area contributed by atoms with Crippen LogP contribution in [0.25, 0.3) is 0 Å². The Labute approximate surface area is 115 Å². The summed E-state index contributed by atoms with van der Waals surface area (Å²) in [6.45, 7) is 4.98. The van der Waals surface area contributed by atoms with E-state index < -0.39 is 0 Å². The van der Waals surface area contributed by atoms with Crippen LogP contribution in [0.2, 0.25) is 0 Å². The van der Waals surface area contributed by atoms with Crippen LogP contribution in [0.3, 0.4) is 0 Å². The highest BCUT2D eigenvalue weighted by molar-refractivity contribution is 5.42. The van der Waals surface area contributed by atoms with Crippen LogP contribution in [0.1, 0.15) is 0 Å². The fourth-order valence-electron chi connectivity index (χ4n) is 1.45. The monoisotopic (exact) mass is 268 g/mol. The van der Waals surface area contributed by atoms with Crippen molar-refractivity contribution in [3.8, 4) is 0 Å². The van der Waals surface area contributed by atoms with E-state index in [2.05, 4.69) is 5.32 Å². The predicted octanol–water partition coefficient (Wildman–Crippen LogP) is 1.11. The van der Waals surface area contributed by atoms with E-state index in [1.807, 2.05) is 30.3 Å². The van der Waals surface area contributed by atoms with Crippen molar-refractivity contribution in [1.82, 2.24) is 0 Å². The van der Waals surface area contributed by atoms with Gasteiger partial charge in [-0.3, -0.25) is 0 Å². The van der Waals surface area contributed by atoms with Gasteiger partial charge in [0.1, 0.15) is 0 Å². The van der Waals surface area contributed by atoms with Crippen LogP contribution in [0.5, 0.6) is 0 Å². The second-order valence-electron chi connectivity index (χ2n) is 3.92. The van der Waals surface area contributed by atoms with E-state index in [1.165, 1.54) is 0 Å². The minimum absolute atomic E-state index is 0.553. The van der Waals surface area contributed by atoms with Gasteiger partial charge in [-0.25, -0.2) is 0 Å². The van der Waals surface area contributed by atoms with Crippen molar-refractivity contribution in [2.24, 2.45) is 5.73 Å². The van der Waals surface area contributed by atoms with Gasteiger partial charge >= 0.3 is 0 Å². The van der Waals surface area contributed by atoms with Gasteiger partial charge in [0, 0.05) is 18.8 Å². The van der Waals surface area contributed by atoms with Crippen LogP contribution >= 0.6 is 0 Å². The van der Waals surface area contributed by atoms with Crippen molar-refractivity contribution in [3.63, 3.8) is 0 Å². The lowest BCUT2D eigenvalue weighted by molar-refractivity contribution is 0.0179. The van der Waals surface area contributed by atoms with Gasteiger partial charge in [0.05, 0.1) is 39.6 Å². The smallest absolute Gasteiger partial charge is 0.0701 e. The number of nitrogens with two attached hydrogens (primary N) is 1. The average molecular weight is 268 g/mol. The summed E-state index contributed by atoms with van der Waals surface area (Å²) in [4.78, 5) is 0. The third-order valence-corrected chi connectivity index (χ3v) is 2.36. The first-order valence-corrected chi connectivity index (χ1v) is 6.65. The lowest BCUT2D eigenvalue weighted by atomic mass is 10.3. The third-order valence-electron chi connectivity index (χ3n) is 2.36. The quantitative estimate of drug-likeness (QED) is 0.556. The Morgan fingerprint density at radius 1 is 0.789 bits per heavy atom. The van der Waals surface area contributed by atoms with Gasteiger partial charge in [-0.1, -0.05) is 18.2 Å². The van der Waals surface area contributed by atoms with Crippen LogP contribution in [-0.2, 0) is 14.2 Å². The first-order valence-electron chi connectivity index (χ1n) is 6.65. The molecule has 0 aromatic heterocycles. The van der Waals surface area contributed by atoms with Crippen LogP contribution in [0.4, 0.5) is 5.69 Å². The molecule has 0 radical (unpaired) electrons. The van der Waals surface area contributed by atoms with Crippen molar-refractivity contribution in [3.05, 3.63) is 30.3 Å². The fraction of sp³-hybridized carbons (Fsp3) is 0.571. The van der Waals surface area contributed by atoms with E-state index in [9.17, 15) is 0 Å². The number of ether oxygens (including phenoxy) is 3. The van der Waals surface area contributed by atoms with Gasteiger partial charge in [-0.05, 0) is 12.1 Å². The third kappa shape index (κ3) is 9.44. The fourth-order valence-corrected chi connectivity index (χ4v) is 1.45. The van der Waals surface area contributed by atoms with E-state index in [4.69, 9.17) is 19.9 Å². The van der Waals surface area contributed by atoms with Crippen molar-refractivity contribution in [1.29, 1.82) is 0 Å². The summed E-state index contributed by atoms with van der Waals surface area (Å²) in [6, 6.07) is 10.1. The van der Waals surface area contributed by atoms with E-state index in [0.29, 0.717) is 46.2 Å². The Balaban J connectivity index is 1.79. The van der Waals surface area contributed by atoms with E-state index in [-0.39, 0.29) is 0 Å². The van der Waals surface area contributed by atoms with Crippen molar-refractivity contribution < 1.29 is 14.2 Å². The maximum absolute atomic E-state index is 5.43. The standard InChI is InChI=1S/C14H24N2O3/c15-6-8-17-10-12-19-13-11-18-9-7-16-14-4-2-1-3-5-14/h1-5,16H,6-13,15H2.